The topological polar surface area (TPSA) is 77.8 Å². The van der Waals surface area contributed by atoms with Crippen LogP contribution in [0, 0.1) is 5.82 Å². The first-order valence-corrected chi connectivity index (χ1v) is 8.80. The lowest BCUT2D eigenvalue weighted by Crippen LogP contribution is -2.20. The van der Waals surface area contributed by atoms with E-state index in [0.717, 1.165) is 0 Å². The molecule has 0 aliphatic heterocycles. The average Bonchev–Trinajstić information content (AvgIpc) is 3.18. The molecule has 4 rings (SSSR count). The molecule has 0 bridgehead atoms. The fraction of sp³-hybridized carbons (Fsp3) is 0.0952. The molecule has 0 radical (unpaired) electrons. The molecule has 0 aliphatic carbocycles. The van der Waals surface area contributed by atoms with Crippen molar-refractivity contribution in [2.75, 3.05) is 19.0 Å². The van der Waals surface area contributed by atoms with E-state index in [1.807, 2.05) is 6.07 Å². The number of hydrogen-bond donors (Lipinski definition) is 1. The molecular weight excluding hydrogens is 375 g/mol. The summed E-state index contributed by atoms with van der Waals surface area (Å²) in [5.41, 5.74) is 1.88. The third-order valence-corrected chi connectivity index (χ3v) is 4.15. The minimum atomic E-state index is -0.551. The average molecular weight is 392 g/mol. The van der Waals surface area contributed by atoms with Gasteiger partial charge in [-0.25, -0.2) is 13.9 Å². The lowest BCUT2D eigenvalue weighted by Gasteiger charge is -2.09. The summed E-state index contributed by atoms with van der Waals surface area (Å²) < 4.78 is 26.3. The van der Waals surface area contributed by atoms with Gasteiger partial charge in [-0.1, -0.05) is 18.2 Å². The van der Waals surface area contributed by atoms with Gasteiger partial charge in [-0.2, -0.15) is 0 Å². The number of amides is 1. The van der Waals surface area contributed by atoms with Crippen LogP contribution < -0.4 is 14.8 Å². The Labute approximate surface area is 165 Å². The number of carbonyl (C=O) groups excluding carboxylic acids is 1. The van der Waals surface area contributed by atoms with E-state index >= 15 is 0 Å². The van der Waals surface area contributed by atoms with Crippen molar-refractivity contribution in [2.45, 2.75) is 0 Å². The van der Waals surface area contributed by atoms with E-state index in [1.165, 1.54) is 19.2 Å². The lowest BCUT2D eigenvalue weighted by molar-refractivity contribution is -0.118. The predicted octanol–water partition coefficient (Wildman–Crippen LogP) is 3.56. The van der Waals surface area contributed by atoms with Crippen molar-refractivity contribution in [1.82, 2.24) is 14.6 Å². The highest BCUT2D eigenvalue weighted by Gasteiger charge is 2.12. The van der Waals surface area contributed by atoms with Crippen LogP contribution in [0.4, 0.5) is 10.1 Å². The van der Waals surface area contributed by atoms with Crippen molar-refractivity contribution in [3.8, 4) is 22.9 Å². The minimum Gasteiger partial charge on any atom is -0.484 e. The second kappa shape index (κ2) is 7.97. The maximum atomic E-state index is 14.2. The van der Waals surface area contributed by atoms with Gasteiger partial charge >= 0.3 is 0 Å². The molecule has 8 heteroatoms. The van der Waals surface area contributed by atoms with Gasteiger partial charge in [0, 0.05) is 11.6 Å². The smallest absolute Gasteiger partial charge is 0.262 e. The zero-order valence-electron chi connectivity index (χ0n) is 15.5. The van der Waals surface area contributed by atoms with E-state index in [4.69, 9.17) is 9.47 Å². The molecule has 0 fully saturated rings. The van der Waals surface area contributed by atoms with Crippen LogP contribution in [0.3, 0.4) is 0 Å². The van der Waals surface area contributed by atoms with Gasteiger partial charge in [-0.3, -0.25) is 4.79 Å². The van der Waals surface area contributed by atoms with Gasteiger partial charge in [0.25, 0.3) is 5.91 Å². The zero-order chi connectivity index (χ0) is 20.2. The van der Waals surface area contributed by atoms with E-state index in [0.29, 0.717) is 28.5 Å². The molecule has 1 N–H and O–H groups in total. The Hall–Kier alpha value is -3.94. The molecule has 0 atom stereocenters. The summed E-state index contributed by atoms with van der Waals surface area (Å²) in [6, 6.07) is 16.8. The van der Waals surface area contributed by atoms with Crippen molar-refractivity contribution in [2.24, 2.45) is 0 Å². The second-order valence-electron chi connectivity index (χ2n) is 6.15. The Bertz CT molecular complexity index is 1160. The number of carbonyl (C=O) groups is 1. The van der Waals surface area contributed by atoms with Gasteiger partial charge in [-0.05, 0) is 36.4 Å². The van der Waals surface area contributed by atoms with Crippen LogP contribution >= 0.6 is 0 Å². The minimum absolute atomic E-state index is 0.0479. The van der Waals surface area contributed by atoms with Gasteiger partial charge in [0.15, 0.2) is 12.3 Å². The highest BCUT2D eigenvalue weighted by atomic mass is 19.1. The highest BCUT2D eigenvalue weighted by Crippen LogP contribution is 2.25. The molecule has 7 nitrogen and oxygen atoms in total. The molecule has 4 aromatic rings. The zero-order valence-corrected chi connectivity index (χ0v) is 15.5. The van der Waals surface area contributed by atoms with Crippen molar-refractivity contribution in [3.05, 3.63) is 72.7 Å². The van der Waals surface area contributed by atoms with Crippen molar-refractivity contribution in [3.63, 3.8) is 0 Å². The lowest BCUT2D eigenvalue weighted by atomic mass is 10.1. The largest absolute Gasteiger partial charge is 0.484 e. The quantitative estimate of drug-likeness (QED) is 0.543. The van der Waals surface area contributed by atoms with Crippen molar-refractivity contribution in [1.29, 1.82) is 0 Å². The number of benzene rings is 2. The number of fused-ring (bicyclic) bond motifs is 1. The van der Waals surface area contributed by atoms with E-state index in [-0.39, 0.29) is 12.3 Å². The Morgan fingerprint density at radius 3 is 2.76 bits per heavy atom. The summed E-state index contributed by atoms with van der Waals surface area (Å²) in [5.74, 6) is -0.00639. The third kappa shape index (κ3) is 4.16. The fourth-order valence-electron chi connectivity index (χ4n) is 2.74. The molecule has 1 amide bonds. The number of methoxy groups -OCH3 is 1. The van der Waals surface area contributed by atoms with E-state index < -0.39 is 11.7 Å². The number of para-hydroxylation sites is 1. The number of nitrogens with one attached hydrogen (secondary N) is 1. The maximum Gasteiger partial charge on any atom is 0.262 e. The molecule has 2 aromatic heterocycles. The maximum absolute atomic E-state index is 14.2. The monoisotopic (exact) mass is 392 g/mol. The first-order valence-electron chi connectivity index (χ1n) is 8.80. The number of anilines is 1. The molecule has 2 aromatic carbocycles. The number of halogens is 1. The molecule has 0 saturated heterocycles. The summed E-state index contributed by atoms with van der Waals surface area (Å²) >= 11 is 0. The standard InChI is InChI=1S/C21H17FN4O3/c1-28-21-10-9-19-23-18(12-26(19)25-21)14-7-8-16(22)17(11-14)24-20(27)13-29-15-5-3-2-4-6-15/h2-12H,13H2,1H3,(H,24,27). The van der Waals surface area contributed by atoms with Gasteiger partial charge in [-0.15, -0.1) is 5.10 Å². The third-order valence-electron chi connectivity index (χ3n) is 4.15. The van der Waals surface area contributed by atoms with Crippen LogP contribution in [0.15, 0.2) is 66.9 Å². The van der Waals surface area contributed by atoms with Gasteiger partial charge in [0.1, 0.15) is 11.6 Å². The number of hydrogen-bond acceptors (Lipinski definition) is 5. The van der Waals surface area contributed by atoms with Crippen LogP contribution in [0.1, 0.15) is 0 Å². The van der Waals surface area contributed by atoms with Crippen LogP contribution in [0.2, 0.25) is 0 Å². The normalized spacial score (nSPS) is 10.7. The Kier molecular flexibility index (Phi) is 5.07. The first kappa shape index (κ1) is 18.4. The second-order valence-corrected chi connectivity index (χ2v) is 6.15. The molecule has 2 heterocycles. The summed E-state index contributed by atoms with van der Waals surface area (Å²) in [4.78, 5) is 16.6. The van der Waals surface area contributed by atoms with Crippen LogP contribution in [-0.4, -0.2) is 34.2 Å². The molecule has 0 aliphatic rings. The van der Waals surface area contributed by atoms with Crippen molar-refractivity contribution < 1.29 is 18.7 Å². The summed E-state index contributed by atoms with van der Waals surface area (Å²) in [7, 11) is 1.53. The Morgan fingerprint density at radius 1 is 1.14 bits per heavy atom. The fourth-order valence-corrected chi connectivity index (χ4v) is 2.74. The Morgan fingerprint density at radius 2 is 1.97 bits per heavy atom. The summed E-state index contributed by atoms with van der Waals surface area (Å²) in [6.07, 6.45) is 1.70. The van der Waals surface area contributed by atoms with E-state index in [1.54, 1.807) is 53.2 Å². The van der Waals surface area contributed by atoms with Crippen LogP contribution in [0.5, 0.6) is 11.6 Å². The molecule has 0 spiro atoms. The SMILES string of the molecule is COc1ccc2nc(-c3ccc(F)c(NC(=O)COc4ccccc4)c3)cn2n1. The number of aromatic nitrogens is 3. The molecule has 146 valence electrons. The number of imidazole rings is 1. The van der Waals surface area contributed by atoms with Crippen molar-refractivity contribution >= 4 is 17.2 Å². The van der Waals surface area contributed by atoms with Crippen LogP contribution in [0.25, 0.3) is 16.9 Å². The molecule has 29 heavy (non-hydrogen) atoms. The first-order chi connectivity index (χ1) is 14.1. The van der Waals surface area contributed by atoms with Crippen LogP contribution in [-0.2, 0) is 4.79 Å². The van der Waals surface area contributed by atoms with E-state index in [9.17, 15) is 9.18 Å². The number of nitrogens with zero attached hydrogens (tertiary/aromatic N) is 3. The number of rotatable bonds is 6. The molecular formula is C21H17FN4O3. The van der Waals surface area contributed by atoms with Gasteiger partial charge in [0.05, 0.1) is 24.7 Å². The van der Waals surface area contributed by atoms with Gasteiger partial charge < -0.3 is 14.8 Å². The highest BCUT2D eigenvalue weighted by molar-refractivity contribution is 5.92. The molecule has 0 unspecified atom stereocenters. The summed E-state index contributed by atoms with van der Waals surface area (Å²) in [6.45, 7) is -0.230. The van der Waals surface area contributed by atoms with E-state index in [2.05, 4.69) is 15.4 Å². The number of ether oxygens (including phenoxy) is 2. The summed E-state index contributed by atoms with van der Waals surface area (Å²) in [5, 5.41) is 6.79. The Balaban J connectivity index is 1.52. The predicted molar refractivity (Wildman–Crippen MR) is 105 cm³/mol. The molecule has 0 saturated carbocycles. The van der Waals surface area contributed by atoms with Gasteiger partial charge in [0.2, 0.25) is 5.88 Å².